The molecule has 1 N–H and O–H groups in total. The average molecular weight is 345 g/mol. The smallest absolute Gasteiger partial charge is 0.346 e. The Kier molecular flexibility index (Phi) is 3.97. The van der Waals surface area contributed by atoms with Crippen molar-refractivity contribution in [2.75, 3.05) is 0 Å². The molecule has 1 aliphatic carbocycles. The number of fused-ring (bicyclic) bond motifs is 1. The van der Waals surface area contributed by atoms with E-state index in [0.29, 0.717) is 37.7 Å². The van der Waals surface area contributed by atoms with E-state index >= 15 is 0 Å². The van der Waals surface area contributed by atoms with E-state index in [0.717, 1.165) is 36.3 Å². The van der Waals surface area contributed by atoms with Crippen LogP contribution in [0.1, 0.15) is 48.5 Å². The van der Waals surface area contributed by atoms with Crippen LogP contribution in [-0.2, 0) is 24.3 Å². The Morgan fingerprint density at radius 2 is 2.08 bits per heavy atom. The van der Waals surface area contributed by atoms with Gasteiger partial charge in [0.1, 0.15) is 11.6 Å². The fourth-order valence-electron chi connectivity index (χ4n) is 3.42. The van der Waals surface area contributed by atoms with Crippen LogP contribution in [-0.4, -0.2) is 31.5 Å². The van der Waals surface area contributed by atoms with Crippen molar-refractivity contribution in [3.63, 3.8) is 0 Å². The number of hydrogen-bond donors (Lipinski definition) is 1. The minimum Gasteiger partial charge on any atom is -0.361 e. The highest BCUT2D eigenvalue weighted by atomic mass is 16.5. The maximum Gasteiger partial charge on any atom is 0.346 e. The number of rotatable bonds is 4. The second kappa shape index (κ2) is 6.16. The van der Waals surface area contributed by atoms with Gasteiger partial charge in [0.15, 0.2) is 0 Å². The first-order valence-corrected chi connectivity index (χ1v) is 8.91. The first-order chi connectivity index (χ1) is 12.0. The molecule has 8 heteroatoms. The molecule has 3 heterocycles. The number of carbonyl (C=O) groups excluding carboxylic acids is 1. The standard InChI is InChI=1S/C17H23N5O3/c1-10-14(11(2)25-20-10)9-22-17(24)21-8-7-12(3-6-15(21)19-22)16(23)18-13-4-5-13/h12-13H,3-9H2,1-2H3,(H,18,23). The molecule has 1 aliphatic heterocycles. The highest BCUT2D eigenvalue weighted by Crippen LogP contribution is 2.23. The number of carbonyl (C=O) groups is 1. The number of nitrogens with zero attached hydrogens (tertiary/aromatic N) is 4. The molecule has 1 saturated carbocycles. The van der Waals surface area contributed by atoms with E-state index in [4.69, 9.17) is 4.52 Å². The third-order valence-corrected chi connectivity index (χ3v) is 5.20. The average Bonchev–Trinajstić information content (AvgIpc) is 3.32. The van der Waals surface area contributed by atoms with Gasteiger partial charge in [0.05, 0.1) is 12.2 Å². The lowest BCUT2D eigenvalue weighted by Crippen LogP contribution is -2.33. The Labute approximate surface area is 145 Å². The molecule has 8 nitrogen and oxygen atoms in total. The molecule has 2 aromatic heterocycles. The zero-order chi connectivity index (χ0) is 17.6. The zero-order valence-electron chi connectivity index (χ0n) is 14.6. The molecule has 0 spiro atoms. The summed E-state index contributed by atoms with van der Waals surface area (Å²) in [7, 11) is 0. The summed E-state index contributed by atoms with van der Waals surface area (Å²) in [4.78, 5) is 25.0. The molecule has 2 aromatic rings. The van der Waals surface area contributed by atoms with Crippen LogP contribution in [0.2, 0.25) is 0 Å². The summed E-state index contributed by atoms with van der Waals surface area (Å²) < 4.78 is 8.35. The van der Waals surface area contributed by atoms with Crippen LogP contribution < -0.4 is 11.0 Å². The van der Waals surface area contributed by atoms with Gasteiger partial charge in [-0.05, 0) is 39.5 Å². The van der Waals surface area contributed by atoms with Crippen molar-refractivity contribution in [2.24, 2.45) is 5.92 Å². The Hall–Kier alpha value is -2.38. The number of aromatic nitrogens is 4. The lowest BCUT2D eigenvalue weighted by molar-refractivity contribution is -0.125. The molecule has 0 bridgehead atoms. The van der Waals surface area contributed by atoms with Crippen molar-refractivity contribution in [1.29, 1.82) is 0 Å². The van der Waals surface area contributed by atoms with Crippen LogP contribution in [0.15, 0.2) is 9.32 Å². The van der Waals surface area contributed by atoms with Crippen LogP contribution >= 0.6 is 0 Å². The van der Waals surface area contributed by atoms with E-state index in [2.05, 4.69) is 15.6 Å². The Morgan fingerprint density at radius 1 is 1.28 bits per heavy atom. The normalized spacial score (nSPS) is 20.2. The Balaban J connectivity index is 1.50. The van der Waals surface area contributed by atoms with E-state index in [9.17, 15) is 9.59 Å². The molecule has 1 fully saturated rings. The molecule has 1 amide bonds. The van der Waals surface area contributed by atoms with Crippen molar-refractivity contribution in [1.82, 2.24) is 24.8 Å². The van der Waals surface area contributed by atoms with Gasteiger partial charge in [-0.2, -0.15) is 5.10 Å². The number of nitrogens with one attached hydrogen (secondary N) is 1. The van der Waals surface area contributed by atoms with Crippen molar-refractivity contribution in [3.05, 3.63) is 33.3 Å². The van der Waals surface area contributed by atoms with Crippen molar-refractivity contribution in [2.45, 2.75) is 65.1 Å². The topological polar surface area (TPSA) is 94.9 Å². The first kappa shape index (κ1) is 16.1. The minimum absolute atomic E-state index is 0.0299. The SMILES string of the molecule is Cc1noc(C)c1Cn1nc2n(c1=O)CCC(C(=O)NC1CC1)CC2. The van der Waals surface area contributed by atoms with Crippen LogP contribution in [0.3, 0.4) is 0 Å². The Morgan fingerprint density at radius 3 is 2.76 bits per heavy atom. The lowest BCUT2D eigenvalue weighted by atomic mass is 9.99. The van der Waals surface area contributed by atoms with E-state index in [1.807, 2.05) is 13.8 Å². The van der Waals surface area contributed by atoms with Gasteiger partial charge in [-0.25, -0.2) is 9.48 Å². The molecule has 0 saturated heterocycles. The highest BCUT2D eigenvalue weighted by molar-refractivity contribution is 5.79. The van der Waals surface area contributed by atoms with Gasteiger partial charge in [-0.1, -0.05) is 5.16 Å². The fraction of sp³-hybridized carbons (Fsp3) is 0.647. The number of aryl methyl sites for hydroxylation is 3. The molecule has 0 radical (unpaired) electrons. The third-order valence-electron chi connectivity index (χ3n) is 5.20. The van der Waals surface area contributed by atoms with E-state index in [1.54, 1.807) is 4.57 Å². The molecular formula is C17H23N5O3. The first-order valence-electron chi connectivity index (χ1n) is 8.91. The van der Waals surface area contributed by atoms with Gasteiger partial charge < -0.3 is 9.84 Å². The number of amides is 1. The van der Waals surface area contributed by atoms with Gasteiger partial charge in [0.25, 0.3) is 0 Å². The molecule has 0 aromatic carbocycles. The van der Waals surface area contributed by atoms with Gasteiger partial charge in [-0.15, -0.1) is 0 Å². The van der Waals surface area contributed by atoms with Crippen molar-refractivity contribution < 1.29 is 9.32 Å². The second-order valence-electron chi connectivity index (χ2n) is 7.12. The molecule has 1 unspecified atom stereocenters. The summed E-state index contributed by atoms with van der Waals surface area (Å²) in [6, 6.07) is 0.375. The summed E-state index contributed by atoms with van der Waals surface area (Å²) in [6.45, 7) is 4.61. The highest BCUT2D eigenvalue weighted by Gasteiger charge is 2.30. The van der Waals surface area contributed by atoms with Crippen LogP contribution in [0.4, 0.5) is 0 Å². The number of hydrogen-bond acceptors (Lipinski definition) is 5. The molecule has 2 aliphatic rings. The van der Waals surface area contributed by atoms with Gasteiger partial charge in [-0.3, -0.25) is 9.36 Å². The Bertz CT molecular complexity index is 839. The lowest BCUT2D eigenvalue weighted by Gasteiger charge is -2.13. The second-order valence-corrected chi connectivity index (χ2v) is 7.12. The largest absolute Gasteiger partial charge is 0.361 e. The minimum atomic E-state index is -0.127. The summed E-state index contributed by atoms with van der Waals surface area (Å²) >= 11 is 0. The quantitative estimate of drug-likeness (QED) is 0.889. The summed E-state index contributed by atoms with van der Waals surface area (Å²) in [6.07, 6.45) is 4.24. The zero-order valence-corrected chi connectivity index (χ0v) is 14.6. The van der Waals surface area contributed by atoms with E-state index in [-0.39, 0.29) is 17.5 Å². The van der Waals surface area contributed by atoms with Gasteiger partial charge in [0.2, 0.25) is 5.91 Å². The van der Waals surface area contributed by atoms with E-state index in [1.165, 1.54) is 4.68 Å². The fourth-order valence-corrected chi connectivity index (χ4v) is 3.42. The van der Waals surface area contributed by atoms with E-state index < -0.39 is 0 Å². The molecule has 25 heavy (non-hydrogen) atoms. The molecule has 1 atom stereocenters. The summed E-state index contributed by atoms with van der Waals surface area (Å²) in [5.74, 6) is 1.57. The van der Waals surface area contributed by atoms with Crippen molar-refractivity contribution in [3.8, 4) is 0 Å². The van der Waals surface area contributed by atoms with Gasteiger partial charge >= 0.3 is 5.69 Å². The summed E-state index contributed by atoms with van der Waals surface area (Å²) in [5.41, 5.74) is 1.56. The summed E-state index contributed by atoms with van der Waals surface area (Å²) in [5, 5.41) is 11.5. The third kappa shape index (κ3) is 3.12. The predicted molar refractivity (Wildman–Crippen MR) is 89.2 cm³/mol. The van der Waals surface area contributed by atoms with Crippen LogP contribution in [0, 0.1) is 19.8 Å². The van der Waals surface area contributed by atoms with Crippen molar-refractivity contribution >= 4 is 5.91 Å². The molecule has 134 valence electrons. The monoisotopic (exact) mass is 345 g/mol. The molecule has 4 rings (SSSR count). The van der Waals surface area contributed by atoms with Crippen LogP contribution in [0.25, 0.3) is 0 Å². The predicted octanol–water partition coefficient (Wildman–Crippen LogP) is 0.929. The maximum absolute atomic E-state index is 12.7. The molecular weight excluding hydrogens is 322 g/mol. The van der Waals surface area contributed by atoms with Crippen LogP contribution in [0.5, 0.6) is 0 Å². The maximum atomic E-state index is 12.7. The van der Waals surface area contributed by atoms with Gasteiger partial charge in [0, 0.05) is 30.5 Å².